The van der Waals surface area contributed by atoms with Gasteiger partial charge in [-0.2, -0.15) is 0 Å². The lowest BCUT2D eigenvalue weighted by molar-refractivity contribution is 1.17. The van der Waals surface area contributed by atoms with Crippen molar-refractivity contribution in [3.8, 4) is 0 Å². The second-order valence-electron chi connectivity index (χ2n) is 4.32. The number of aromatic nitrogens is 1. The summed E-state index contributed by atoms with van der Waals surface area (Å²) in [5.41, 5.74) is 15.3. The van der Waals surface area contributed by atoms with Gasteiger partial charge in [0.2, 0.25) is 0 Å². The first kappa shape index (κ1) is 12.9. The summed E-state index contributed by atoms with van der Waals surface area (Å²) in [6, 6.07) is 9.57. The standard InChI is InChI=1S/C14H17N5/c1-18-12-5-9(2-3-11(12)8-15)4-10-6-13(16)19-14(17)7-10/h2-3,5-8,15,18H,4H2,1H3,(H4,16,17,19). The van der Waals surface area contributed by atoms with E-state index in [2.05, 4.69) is 10.3 Å². The minimum Gasteiger partial charge on any atom is -0.388 e. The number of nitrogen functional groups attached to an aromatic ring is 2. The van der Waals surface area contributed by atoms with Gasteiger partial charge >= 0.3 is 0 Å². The van der Waals surface area contributed by atoms with Crippen molar-refractivity contribution in [1.82, 2.24) is 4.98 Å². The zero-order valence-electron chi connectivity index (χ0n) is 10.8. The second kappa shape index (κ2) is 5.39. The van der Waals surface area contributed by atoms with Crippen LogP contribution in [0.25, 0.3) is 0 Å². The zero-order valence-corrected chi connectivity index (χ0v) is 10.8. The molecule has 0 saturated heterocycles. The molecule has 2 aromatic rings. The molecule has 98 valence electrons. The van der Waals surface area contributed by atoms with E-state index in [0.29, 0.717) is 11.6 Å². The summed E-state index contributed by atoms with van der Waals surface area (Å²) in [5.74, 6) is 0.861. The minimum absolute atomic E-state index is 0.431. The van der Waals surface area contributed by atoms with E-state index in [0.717, 1.165) is 28.8 Å². The first-order valence-electron chi connectivity index (χ1n) is 5.95. The van der Waals surface area contributed by atoms with Crippen LogP contribution < -0.4 is 16.8 Å². The number of hydrogen-bond donors (Lipinski definition) is 4. The largest absolute Gasteiger partial charge is 0.388 e. The van der Waals surface area contributed by atoms with Crippen LogP contribution in [0.3, 0.4) is 0 Å². The molecule has 0 spiro atoms. The maximum absolute atomic E-state index is 7.33. The van der Waals surface area contributed by atoms with E-state index in [9.17, 15) is 0 Å². The van der Waals surface area contributed by atoms with Gasteiger partial charge in [0, 0.05) is 24.5 Å². The molecule has 6 N–H and O–H groups in total. The van der Waals surface area contributed by atoms with Gasteiger partial charge in [-0.3, -0.25) is 0 Å². The van der Waals surface area contributed by atoms with E-state index in [4.69, 9.17) is 16.9 Å². The van der Waals surface area contributed by atoms with Crippen molar-refractivity contribution in [1.29, 1.82) is 5.41 Å². The van der Waals surface area contributed by atoms with Crippen LogP contribution in [0.5, 0.6) is 0 Å². The fraction of sp³-hybridized carbons (Fsp3) is 0.143. The molecule has 0 unspecified atom stereocenters. The summed E-state index contributed by atoms with van der Waals surface area (Å²) in [6.07, 6.45) is 2.06. The highest BCUT2D eigenvalue weighted by atomic mass is 14.9. The fourth-order valence-electron chi connectivity index (χ4n) is 2.03. The molecule has 0 bridgehead atoms. The van der Waals surface area contributed by atoms with Crippen LogP contribution >= 0.6 is 0 Å². The molecule has 5 heteroatoms. The predicted molar refractivity (Wildman–Crippen MR) is 79.7 cm³/mol. The van der Waals surface area contributed by atoms with Gasteiger partial charge in [0.1, 0.15) is 11.6 Å². The van der Waals surface area contributed by atoms with Crippen molar-refractivity contribution in [2.24, 2.45) is 0 Å². The molecule has 5 nitrogen and oxygen atoms in total. The van der Waals surface area contributed by atoms with Gasteiger partial charge < -0.3 is 22.2 Å². The number of nitrogens with two attached hydrogens (primary N) is 2. The van der Waals surface area contributed by atoms with Gasteiger partial charge in [0.25, 0.3) is 0 Å². The Labute approximate surface area is 112 Å². The summed E-state index contributed by atoms with van der Waals surface area (Å²) < 4.78 is 0. The van der Waals surface area contributed by atoms with Crippen molar-refractivity contribution in [2.75, 3.05) is 23.8 Å². The third-order valence-corrected chi connectivity index (χ3v) is 2.88. The van der Waals surface area contributed by atoms with Crippen LogP contribution in [0.1, 0.15) is 16.7 Å². The van der Waals surface area contributed by atoms with Gasteiger partial charge in [-0.1, -0.05) is 12.1 Å². The highest BCUT2D eigenvalue weighted by Gasteiger charge is 2.03. The summed E-state index contributed by atoms with van der Waals surface area (Å²) in [5, 5.41) is 10.4. The number of pyridine rings is 1. The summed E-state index contributed by atoms with van der Waals surface area (Å²) in [4.78, 5) is 3.95. The Hall–Kier alpha value is -2.56. The Balaban J connectivity index is 2.30. The van der Waals surface area contributed by atoms with Crippen molar-refractivity contribution >= 4 is 23.5 Å². The van der Waals surface area contributed by atoms with Crippen molar-refractivity contribution < 1.29 is 0 Å². The Morgan fingerprint density at radius 1 is 1.16 bits per heavy atom. The van der Waals surface area contributed by atoms with Crippen LogP contribution in [0, 0.1) is 5.41 Å². The van der Waals surface area contributed by atoms with E-state index < -0.39 is 0 Å². The molecule has 0 aliphatic rings. The maximum atomic E-state index is 7.33. The maximum Gasteiger partial charge on any atom is 0.126 e. The fourth-order valence-corrected chi connectivity index (χ4v) is 2.03. The molecule has 0 aliphatic carbocycles. The van der Waals surface area contributed by atoms with E-state index in [1.807, 2.05) is 37.4 Å². The van der Waals surface area contributed by atoms with Crippen LogP contribution in [0.4, 0.5) is 17.3 Å². The number of benzene rings is 1. The van der Waals surface area contributed by atoms with Crippen LogP contribution in [-0.4, -0.2) is 18.2 Å². The van der Waals surface area contributed by atoms with Crippen molar-refractivity contribution in [2.45, 2.75) is 6.42 Å². The topological polar surface area (TPSA) is 101 Å². The SMILES string of the molecule is CNc1cc(Cc2cc(N)nc(N)c2)ccc1C=N. The number of nitrogens with one attached hydrogen (secondary N) is 2. The summed E-state index contributed by atoms with van der Waals surface area (Å²) in [7, 11) is 1.84. The van der Waals surface area contributed by atoms with Gasteiger partial charge in [0.05, 0.1) is 0 Å². The molecule has 0 atom stereocenters. The van der Waals surface area contributed by atoms with E-state index in [1.54, 1.807) is 0 Å². The molecule has 19 heavy (non-hydrogen) atoms. The Morgan fingerprint density at radius 2 is 1.84 bits per heavy atom. The van der Waals surface area contributed by atoms with E-state index in [1.165, 1.54) is 6.21 Å². The monoisotopic (exact) mass is 255 g/mol. The molecule has 0 saturated carbocycles. The third-order valence-electron chi connectivity index (χ3n) is 2.88. The first-order chi connectivity index (χ1) is 9.12. The second-order valence-corrected chi connectivity index (χ2v) is 4.32. The van der Waals surface area contributed by atoms with Crippen LogP contribution in [0.2, 0.25) is 0 Å². The first-order valence-corrected chi connectivity index (χ1v) is 5.95. The average molecular weight is 255 g/mol. The molecule has 1 heterocycles. The molecule has 2 rings (SSSR count). The average Bonchev–Trinajstić information content (AvgIpc) is 2.37. The quantitative estimate of drug-likeness (QED) is 0.626. The van der Waals surface area contributed by atoms with Gasteiger partial charge in [0.15, 0.2) is 0 Å². The minimum atomic E-state index is 0.431. The lowest BCUT2D eigenvalue weighted by Crippen LogP contribution is -2.00. The normalized spacial score (nSPS) is 10.2. The highest BCUT2D eigenvalue weighted by molar-refractivity contribution is 5.85. The summed E-state index contributed by atoms with van der Waals surface area (Å²) in [6.45, 7) is 0. The Morgan fingerprint density at radius 3 is 2.42 bits per heavy atom. The molecule has 0 fully saturated rings. The highest BCUT2D eigenvalue weighted by Crippen LogP contribution is 2.19. The van der Waals surface area contributed by atoms with Crippen molar-refractivity contribution in [3.05, 3.63) is 47.0 Å². The molecule has 0 radical (unpaired) electrons. The molecule has 1 aromatic heterocycles. The zero-order chi connectivity index (χ0) is 13.8. The molecule has 1 aromatic carbocycles. The predicted octanol–water partition coefficient (Wildman–Crippen LogP) is 1.88. The molecular formula is C14H17N5. The summed E-state index contributed by atoms with van der Waals surface area (Å²) >= 11 is 0. The van der Waals surface area contributed by atoms with E-state index in [-0.39, 0.29) is 0 Å². The van der Waals surface area contributed by atoms with Gasteiger partial charge in [-0.05, 0) is 35.7 Å². The third kappa shape index (κ3) is 3.01. The van der Waals surface area contributed by atoms with Gasteiger partial charge in [-0.25, -0.2) is 4.98 Å². The number of nitrogens with zero attached hydrogens (tertiary/aromatic N) is 1. The number of anilines is 3. The molecular weight excluding hydrogens is 238 g/mol. The Kier molecular flexibility index (Phi) is 3.66. The van der Waals surface area contributed by atoms with Gasteiger partial charge in [-0.15, -0.1) is 0 Å². The number of hydrogen-bond acceptors (Lipinski definition) is 5. The lowest BCUT2D eigenvalue weighted by atomic mass is 10.0. The smallest absolute Gasteiger partial charge is 0.126 e. The molecule has 0 aliphatic heterocycles. The van der Waals surface area contributed by atoms with E-state index >= 15 is 0 Å². The van der Waals surface area contributed by atoms with Crippen LogP contribution in [-0.2, 0) is 6.42 Å². The molecule has 0 amide bonds. The van der Waals surface area contributed by atoms with Crippen LogP contribution in [0.15, 0.2) is 30.3 Å². The van der Waals surface area contributed by atoms with Crippen molar-refractivity contribution in [3.63, 3.8) is 0 Å². The number of rotatable bonds is 4. The Bertz CT molecular complexity index is 587. The lowest BCUT2D eigenvalue weighted by Gasteiger charge is -2.09.